The molecule has 0 aliphatic heterocycles. The highest BCUT2D eigenvalue weighted by Gasteiger charge is 2.29. The first-order valence-electron chi connectivity index (χ1n) is 3.11. The van der Waals surface area contributed by atoms with Crippen molar-refractivity contribution >= 4 is 0 Å². The Morgan fingerprint density at radius 3 is 1.92 bits per heavy atom. The number of nitriles is 1. The van der Waals surface area contributed by atoms with Gasteiger partial charge >= 0.3 is 6.18 Å². The van der Waals surface area contributed by atoms with Crippen LogP contribution in [-0.2, 0) is 6.18 Å². The van der Waals surface area contributed by atoms with Gasteiger partial charge in [-0.2, -0.15) is 18.4 Å². The molecule has 0 radical (unpaired) electrons. The Bertz CT molecular complexity index is 305. The highest BCUT2D eigenvalue weighted by molar-refractivity contribution is 5.32. The van der Waals surface area contributed by atoms with Crippen molar-refractivity contribution in [2.45, 2.75) is 6.18 Å². The van der Waals surface area contributed by atoms with Crippen LogP contribution in [-0.4, -0.2) is 0 Å². The minimum atomic E-state index is -4.33. The van der Waals surface area contributed by atoms with Gasteiger partial charge in [-0.15, -0.1) is 0 Å². The highest BCUT2D eigenvalue weighted by atomic mass is 19.3. The molecular formula is C8H4F3N. The number of nitrogens with zero attached hydrogens (tertiary/aromatic N) is 1. The summed E-state index contributed by atoms with van der Waals surface area (Å²) in [5.41, 5.74) is -0.510. The molecule has 0 aliphatic rings. The molecule has 1 nitrogen and oxygen atoms in total. The maximum absolute atomic E-state index is 11.9. The van der Waals surface area contributed by atoms with Crippen LogP contribution in [0.25, 0.3) is 0 Å². The number of halogens is 3. The first-order chi connectivity index (χ1) is 5.54. The molecule has 1 aromatic carbocycles. The molecule has 0 bridgehead atoms. The average Bonchev–Trinajstić information content (AvgIpc) is 2.03. The van der Waals surface area contributed by atoms with Crippen LogP contribution in [0, 0.1) is 11.3 Å². The van der Waals surface area contributed by atoms with Gasteiger partial charge in [0.2, 0.25) is 0 Å². The zero-order valence-electron chi connectivity index (χ0n) is 5.89. The SMILES string of the molecule is N#Cc1ccc(C(F)(F)[18F])cc1. The first-order valence-corrected chi connectivity index (χ1v) is 3.11. The van der Waals surface area contributed by atoms with Crippen molar-refractivity contribution in [1.29, 1.82) is 5.26 Å². The van der Waals surface area contributed by atoms with Gasteiger partial charge in [0, 0.05) is 0 Å². The maximum Gasteiger partial charge on any atom is 0.416 e. The van der Waals surface area contributed by atoms with E-state index in [4.69, 9.17) is 5.26 Å². The molecule has 62 valence electrons. The summed E-state index contributed by atoms with van der Waals surface area (Å²) >= 11 is 0. The normalized spacial score (nSPS) is 10.8. The topological polar surface area (TPSA) is 23.8 Å². The molecule has 4 heteroatoms. The Balaban J connectivity index is 3.02. The van der Waals surface area contributed by atoms with Crippen LogP contribution < -0.4 is 0 Å². The van der Waals surface area contributed by atoms with E-state index in [1.165, 1.54) is 0 Å². The Morgan fingerprint density at radius 2 is 1.58 bits per heavy atom. The maximum atomic E-state index is 11.9. The number of benzene rings is 1. The second-order valence-corrected chi connectivity index (χ2v) is 2.19. The largest absolute Gasteiger partial charge is 0.416 e. The lowest BCUT2D eigenvalue weighted by molar-refractivity contribution is -0.137. The zero-order chi connectivity index (χ0) is 9.19. The van der Waals surface area contributed by atoms with E-state index >= 15 is 0 Å². The van der Waals surface area contributed by atoms with Crippen molar-refractivity contribution in [2.75, 3.05) is 0 Å². The fourth-order valence-electron chi connectivity index (χ4n) is 0.734. The first kappa shape index (κ1) is 8.60. The molecule has 0 spiro atoms. The van der Waals surface area contributed by atoms with Crippen molar-refractivity contribution in [3.8, 4) is 6.07 Å². The van der Waals surface area contributed by atoms with E-state index in [0.717, 1.165) is 24.3 Å². The highest BCUT2D eigenvalue weighted by Crippen LogP contribution is 2.28. The summed E-state index contributed by atoms with van der Waals surface area (Å²) < 4.78 is 35.8. The molecule has 0 aliphatic carbocycles. The van der Waals surface area contributed by atoms with E-state index in [1.54, 1.807) is 6.07 Å². The van der Waals surface area contributed by atoms with Gasteiger partial charge in [-0.3, -0.25) is 0 Å². The molecular weight excluding hydrogens is 166 g/mol. The lowest BCUT2D eigenvalue weighted by Gasteiger charge is -2.04. The number of hydrogen-bond donors (Lipinski definition) is 0. The Morgan fingerprint density at radius 1 is 1.08 bits per heavy atom. The Labute approximate surface area is 67.1 Å². The van der Waals surface area contributed by atoms with Crippen LogP contribution in [0.3, 0.4) is 0 Å². The third-order valence-corrected chi connectivity index (χ3v) is 1.34. The van der Waals surface area contributed by atoms with Gasteiger partial charge in [-0.1, -0.05) is 0 Å². The molecule has 0 heterocycles. The van der Waals surface area contributed by atoms with Gasteiger partial charge in [0.05, 0.1) is 17.2 Å². The number of rotatable bonds is 0. The molecule has 0 unspecified atom stereocenters. The zero-order valence-corrected chi connectivity index (χ0v) is 5.89. The quantitative estimate of drug-likeness (QED) is 0.587. The van der Waals surface area contributed by atoms with Crippen LogP contribution in [0.1, 0.15) is 11.1 Å². The molecule has 0 atom stereocenters. The molecule has 12 heavy (non-hydrogen) atoms. The molecule has 0 fully saturated rings. The molecule has 1 aromatic rings. The van der Waals surface area contributed by atoms with Crippen LogP contribution in [0.15, 0.2) is 24.3 Å². The van der Waals surface area contributed by atoms with E-state index in [1.807, 2.05) is 0 Å². The summed E-state index contributed by atoms with van der Waals surface area (Å²) in [5.74, 6) is 0. The smallest absolute Gasteiger partial charge is 0.192 e. The second kappa shape index (κ2) is 2.86. The van der Waals surface area contributed by atoms with Gasteiger partial charge in [-0.25, -0.2) is 0 Å². The fraction of sp³-hybridized carbons (Fsp3) is 0.125. The van der Waals surface area contributed by atoms with Crippen molar-refractivity contribution in [3.63, 3.8) is 0 Å². The van der Waals surface area contributed by atoms with Gasteiger partial charge in [0.1, 0.15) is 0 Å². The van der Waals surface area contributed by atoms with E-state index < -0.39 is 11.7 Å². The van der Waals surface area contributed by atoms with E-state index in [-0.39, 0.29) is 5.56 Å². The molecule has 0 N–H and O–H groups in total. The molecule has 0 amide bonds. The molecule has 1 rings (SSSR count). The minimum absolute atomic E-state index is 0.225. The number of hydrogen-bond acceptors (Lipinski definition) is 1. The third-order valence-electron chi connectivity index (χ3n) is 1.34. The fourth-order valence-corrected chi connectivity index (χ4v) is 0.734. The van der Waals surface area contributed by atoms with Gasteiger partial charge in [0.25, 0.3) is 0 Å². The average molecular weight is 170 g/mol. The minimum Gasteiger partial charge on any atom is -0.192 e. The lowest BCUT2D eigenvalue weighted by atomic mass is 10.1. The Hall–Kier alpha value is -1.50. The molecule has 0 aromatic heterocycles. The van der Waals surface area contributed by atoms with Crippen molar-refractivity contribution < 1.29 is 13.2 Å². The monoisotopic (exact) mass is 170 g/mol. The van der Waals surface area contributed by atoms with Crippen LogP contribution in [0.2, 0.25) is 0 Å². The predicted molar refractivity (Wildman–Crippen MR) is 36.2 cm³/mol. The number of alkyl halides is 3. The van der Waals surface area contributed by atoms with Crippen LogP contribution in [0.5, 0.6) is 0 Å². The standard InChI is InChI=1S/C8H4F3N/c9-8(10,11)7-3-1-6(5-12)2-4-7/h1-4H/i9-1. The summed E-state index contributed by atoms with van der Waals surface area (Å²) in [6.07, 6.45) is -4.33. The van der Waals surface area contributed by atoms with Gasteiger partial charge in [-0.05, 0) is 24.3 Å². The molecule has 0 saturated carbocycles. The third kappa shape index (κ3) is 1.76. The predicted octanol–water partition coefficient (Wildman–Crippen LogP) is 2.58. The van der Waals surface area contributed by atoms with E-state index in [9.17, 15) is 13.2 Å². The van der Waals surface area contributed by atoms with E-state index in [0.29, 0.717) is 0 Å². The van der Waals surface area contributed by atoms with Crippen LogP contribution >= 0.6 is 0 Å². The van der Waals surface area contributed by atoms with Crippen molar-refractivity contribution in [2.24, 2.45) is 0 Å². The van der Waals surface area contributed by atoms with Crippen molar-refractivity contribution in [1.82, 2.24) is 0 Å². The van der Waals surface area contributed by atoms with Gasteiger partial charge in [0.15, 0.2) is 0 Å². The van der Waals surface area contributed by atoms with Crippen LogP contribution in [0.4, 0.5) is 13.2 Å². The Kier molecular flexibility index (Phi) is 2.05. The summed E-state index contributed by atoms with van der Waals surface area (Å²) in [5, 5.41) is 8.30. The van der Waals surface area contributed by atoms with E-state index in [2.05, 4.69) is 0 Å². The second-order valence-electron chi connectivity index (χ2n) is 2.19. The van der Waals surface area contributed by atoms with Crippen molar-refractivity contribution in [3.05, 3.63) is 35.4 Å². The summed E-state index contributed by atoms with van der Waals surface area (Å²) in [6, 6.07) is 5.80. The summed E-state index contributed by atoms with van der Waals surface area (Å²) in [4.78, 5) is 0. The summed E-state index contributed by atoms with van der Waals surface area (Å²) in [6.45, 7) is 0. The summed E-state index contributed by atoms with van der Waals surface area (Å²) in [7, 11) is 0. The molecule has 0 saturated heterocycles. The lowest BCUT2D eigenvalue weighted by Crippen LogP contribution is -2.03. The van der Waals surface area contributed by atoms with Gasteiger partial charge < -0.3 is 0 Å².